The van der Waals surface area contributed by atoms with Crippen molar-refractivity contribution >= 4 is 22.9 Å². The van der Waals surface area contributed by atoms with Gasteiger partial charge in [0, 0.05) is 29.0 Å². The number of hydrogen-bond acceptors (Lipinski definition) is 4. The number of aromatic nitrogens is 2. The van der Waals surface area contributed by atoms with E-state index >= 15 is 0 Å². The second-order valence-electron chi connectivity index (χ2n) is 4.24. The summed E-state index contributed by atoms with van der Waals surface area (Å²) in [4.78, 5) is 20.4. The lowest BCUT2D eigenvalue weighted by Crippen LogP contribution is -2.12. The number of anilines is 1. The molecule has 0 saturated carbocycles. The highest BCUT2D eigenvalue weighted by Gasteiger charge is 2.12. The average molecular weight is 299 g/mol. The number of halogens is 1. The van der Waals surface area contributed by atoms with Gasteiger partial charge in [0.15, 0.2) is 0 Å². The first-order valence-electron chi connectivity index (χ1n) is 6.15. The number of carbonyl (C=O) groups is 1. The first-order valence-corrected chi connectivity index (χ1v) is 7.03. The zero-order chi connectivity index (χ0) is 14.7. The Labute approximate surface area is 124 Å². The summed E-state index contributed by atoms with van der Waals surface area (Å²) in [6, 6.07) is 9.28. The van der Waals surface area contributed by atoms with Gasteiger partial charge in [0.2, 0.25) is 0 Å². The average Bonchev–Trinajstić information content (AvgIpc) is 3.00. The summed E-state index contributed by atoms with van der Waals surface area (Å²) >= 11 is 1.37. The van der Waals surface area contributed by atoms with Gasteiger partial charge in [0.05, 0.1) is 0 Å². The Kier molecular flexibility index (Phi) is 3.70. The maximum Gasteiger partial charge on any atom is 0.275 e. The molecular weight excluding hydrogens is 289 g/mol. The summed E-state index contributed by atoms with van der Waals surface area (Å²) < 4.78 is 12.8. The van der Waals surface area contributed by atoms with Crippen molar-refractivity contribution in [3.63, 3.8) is 0 Å². The van der Waals surface area contributed by atoms with Gasteiger partial charge in [0.25, 0.3) is 5.91 Å². The summed E-state index contributed by atoms with van der Waals surface area (Å²) in [6.45, 7) is 0. The zero-order valence-corrected chi connectivity index (χ0v) is 11.6. The molecule has 4 nitrogen and oxygen atoms in total. The van der Waals surface area contributed by atoms with Crippen molar-refractivity contribution in [3.8, 4) is 10.6 Å². The second kappa shape index (κ2) is 5.80. The van der Waals surface area contributed by atoms with Gasteiger partial charge in [-0.25, -0.2) is 9.37 Å². The molecule has 3 rings (SSSR count). The fourth-order valence-corrected chi connectivity index (χ4v) is 2.52. The van der Waals surface area contributed by atoms with Crippen LogP contribution in [0.4, 0.5) is 10.1 Å². The lowest BCUT2D eigenvalue weighted by Gasteiger charge is -2.02. The third kappa shape index (κ3) is 3.11. The van der Waals surface area contributed by atoms with Crippen LogP contribution in [0.5, 0.6) is 0 Å². The lowest BCUT2D eigenvalue weighted by atomic mass is 10.3. The van der Waals surface area contributed by atoms with E-state index in [1.165, 1.54) is 35.6 Å². The molecule has 0 saturated heterocycles. The topological polar surface area (TPSA) is 54.9 Å². The van der Waals surface area contributed by atoms with Crippen LogP contribution >= 0.6 is 11.3 Å². The van der Waals surface area contributed by atoms with Crippen molar-refractivity contribution in [3.05, 3.63) is 65.7 Å². The Morgan fingerprint density at radius 2 is 2.00 bits per heavy atom. The molecule has 0 aliphatic carbocycles. The van der Waals surface area contributed by atoms with Crippen LogP contribution in [0.25, 0.3) is 10.6 Å². The minimum absolute atomic E-state index is 0.322. The van der Waals surface area contributed by atoms with Crippen LogP contribution in [-0.2, 0) is 0 Å². The Hall–Kier alpha value is -2.60. The van der Waals surface area contributed by atoms with Gasteiger partial charge < -0.3 is 5.32 Å². The van der Waals surface area contributed by atoms with E-state index in [-0.39, 0.29) is 11.7 Å². The summed E-state index contributed by atoms with van der Waals surface area (Å²) in [5.74, 6) is -0.673. The molecule has 21 heavy (non-hydrogen) atoms. The quantitative estimate of drug-likeness (QED) is 0.804. The van der Waals surface area contributed by atoms with Crippen LogP contribution in [0.3, 0.4) is 0 Å². The first-order chi connectivity index (χ1) is 10.2. The fraction of sp³-hybridized carbons (Fsp3) is 0. The minimum Gasteiger partial charge on any atom is -0.321 e. The second-order valence-corrected chi connectivity index (χ2v) is 5.10. The molecule has 2 heterocycles. The largest absolute Gasteiger partial charge is 0.321 e. The van der Waals surface area contributed by atoms with Gasteiger partial charge in [-0.2, -0.15) is 0 Å². The number of hydrogen-bond donors (Lipinski definition) is 1. The summed E-state index contributed by atoms with van der Waals surface area (Å²) in [5, 5.41) is 5.08. The predicted octanol–water partition coefficient (Wildman–Crippen LogP) is 3.60. The molecule has 6 heteroatoms. The van der Waals surface area contributed by atoms with Crippen LogP contribution in [0, 0.1) is 5.82 Å². The molecule has 1 aromatic carbocycles. The van der Waals surface area contributed by atoms with Crippen LogP contribution in [0.1, 0.15) is 10.5 Å². The fourth-order valence-electron chi connectivity index (χ4n) is 1.73. The van der Waals surface area contributed by atoms with E-state index in [1.54, 1.807) is 17.8 Å². The smallest absolute Gasteiger partial charge is 0.275 e. The van der Waals surface area contributed by atoms with Crippen molar-refractivity contribution in [1.82, 2.24) is 9.97 Å². The van der Waals surface area contributed by atoms with Gasteiger partial charge in [-0.3, -0.25) is 9.78 Å². The predicted molar refractivity (Wildman–Crippen MR) is 79.7 cm³/mol. The number of nitrogens with zero attached hydrogens (tertiary/aromatic N) is 2. The van der Waals surface area contributed by atoms with E-state index in [0.717, 1.165) is 10.6 Å². The van der Waals surface area contributed by atoms with Crippen LogP contribution in [-0.4, -0.2) is 15.9 Å². The number of benzene rings is 1. The van der Waals surface area contributed by atoms with Crippen molar-refractivity contribution in [2.24, 2.45) is 0 Å². The zero-order valence-electron chi connectivity index (χ0n) is 10.8. The number of nitrogens with one attached hydrogen (secondary N) is 1. The molecule has 1 amide bonds. The number of amides is 1. The molecule has 0 bridgehead atoms. The molecule has 104 valence electrons. The van der Waals surface area contributed by atoms with E-state index in [0.29, 0.717) is 11.4 Å². The maximum absolute atomic E-state index is 12.8. The van der Waals surface area contributed by atoms with Crippen LogP contribution < -0.4 is 5.32 Å². The van der Waals surface area contributed by atoms with Gasteiger partial charge in [-0.1, -0.05) is 0 Å². The molecule has 1 N–H and O–H groups in total. The number of rotatable bonds is 3. The Bertz CT molecular complexity index is 756. The third-order valence-corrected chi connectivity index (χ3v) is 3.64. The summed E-state index contributed by atoms with van der Waals surface area (Å²) in [7, 11) is 0. The molecule has 0 spiro atoms. The van der Waals surface area contributed by atoms with Crippen molar-refractivity contribution in [2.75, 3.05) is 5.32 Å². The SMILES string of the molecule is O=C(Nc1ccc(F)cc1)c1csc(-c2cccnc2)n1. The molecule has 0 aliphatic rings. The van der Waals surface area contributed by atoms with Gasteiger partial charge >= 0.3 is 0 Å². The highest BCUT2D eigenvalue weighted by atomic mass is 32.1. The lowest BCUT2D eigenvalue weighted by molar-refractivity contribution is 0.102. The Morgan fingerprint density at radius 1 is 1.19 bits per heavy atom. The Morgan fingerprint density at radius 3 is 2.71 bits per heavy atom. The maximum atomic E-state index is 12.8. The van der Waals surface area contributed by atoms with Gasteiger partial charge in [-0.15, -0.1) is 11.3 Å². The molecule has 0 atom stereocenters. The number of pyridine rings is 1. The van der Waals surface area contributed by atoms with Gasteiger partial charge in [0.1, 0.15) is 16.5 Å². The van der Waals surface area contributed by atoms with Crippen molar-refractivity contribution in [1.29, 1.82) is 0 Å². The van der Waals surface area contributed by atoms with Crippen LogP contribution in [0.15, 0.2) is 54.2 Å². The highest BCUT2D eigenvalue weighted by Crippen LogP contribution is 2.23. The van der Waals surface area contributed by atoms with E-state index in [4.69, 9.17) is 0 Å². The first kappa shape index (κ1) is 13.4. The van der Waals surface area contributed by atoms with E-state index in [2.05, 4.69) is 15.3 Å². The molecule has 0 fully saturated rings. The van der Waals surface area contributed by atoms with E-state index < -0.39 is 0 Å². The molecule has 0 radical (unpaired) electrons. The highest BCUT2D eigenvalue weighted by molar-refractivity contribution is 7.13. The number of carbonyl (C=O) groups excluding carboxylic acids is 1. The molecule has 3 aromatic rings. The molecule has 0 aliphatic heterocycles. The van der Waals surface area contributed by atoms with Crippen molar-refractivity contribution in [2.45, 2.75) is 0 Å². The molecular formula is C15H10FN3OS. The summed E-state index contributed by atoms with van der Waals surface area (Å²) in [5.41, 5.74) is 1.71. The standard InChI is InChI=1S/C15H10FN3OS/c16-11-3-5-12(6-4-11)18-14(20)13-9-21-15(19-13)10-2-1-7-17-8-10/h1-9H,(H,18,20). The number of thiazole rings is 1. The minimum atomic E-state index is -0.347. The van der Waals surface area contributed by atoms with E-state index in [9.17, 15) is 9.18 Å². The summed E-state index contributed by atoms with van der Waals surface area (Å²) in [6.07, 6.45) is 3.37. The Balaban J connectivity index is 1.77. The third-order valence-electron chi connectivity index (χ3n) is 2.75. The monoisotopic (exact) mass is 299 g/mol. The van der Waals surface area contributed by atoms with E-state index in [1.807, 2.05) is 12.1 Å². The van der Waals surface area contributed by atoms with Crippen LogP contribution in [0.2, 0.25) is 0 Å². The normalized spacial score (nSPS) is 10.3. The molecule has 0 unspecified atom stereocenters. The van der Waals surface area contributed by atoms with Gasteiger partial charge in [-0.05, 0) is 36.4 Å². The van der Waals surface area contributed by atoms with Crippen molar-refractivity contribution < 1.29 is 9.18 Å². The molecule has 2 aromatic heterocycles.